The van der Waals surface area contributed by atoms with Crippen molar-refractivity contribution in [3.05, 3.63) is 24.3 Å². The van der Waals surface area contributed by atoms with Gasteiger partial charge in [0.25, 0.3) is 0 Å². The molecule has 0 aromatic heterocycles. The lowest BCUT2D eigenvalue weighted by atomic mass is 10.1. The minimum absolute atomic E-state index is 0.0337. The number of hydrogen-bond donors (Lipinski definition) is 3. The van der Waals surface area contributed by atoms with Crippen LogP contribution in [0.1, 0.15) is 6.92 Å². The number of rotatable bonds is 6. The van der Waals surface area contributed by atoms with E-state index in [2.05, 4.69) is 24.8 Å². The van der Waals surface area contributed by atoms with Crippen LogP contribution in [0.4, 0.5) is 18.9 Å². The Hall–Kier alpha value is -2.63. The van der Waals surface area contributed by atoms with E-state index in [0.717, 1.165) is 24.7 Å². The molecule has 0 amide bonds. The quantitative estimate of drug-likeness (QED) is 0.643. The molecule has 8 nitrogen and oxygen atoms in total. The highest BCUT2D eigenvalue weighted by Crippen LogP contribution is 2.25. The molecule has 0 saturated heterocycles. The molecule has 1 aliphatic heterocycles. The molecule has 12 heteroatoms. The molecule has 2 unspecified atom stereocenters. The summed E-state index contributed by atoms with van der Waals surface area (Å²) in [7, 11) is -3.58. The van der Waals surface area contributed by atoms with E-state index in [4.69, 9.17) is 5.41 Å². The van der Waals surface area contributed by atoms with Crippen molar-refractivity contribution in [2.24, 2.45) is 15.9 Å². The highest BCUT2D eigenvalue weighted by molar-refractivity contribution is 7.90. The van der Waals surface area contributed by atoms with Crippen molar-refractivity contribution in [1.29, 1.82) is 5.41 Å². The first kappa shape index (κ1) is 19.7. The average molecular weight is 391 g/mol. The van der Waals surface area contributed by atoms with Crippen LogP contribution >= 0.6 is 0 Å². The number of amidine groups is 1. The third-order valence-electron chi connectivity index (χ3n) is 3.30. The highest BCUT2D eigenvalue weighted by Gasteiger charge is 2.31. The lowest BCUT2D eigenvalue weighted by Gasteiger charge is -2.26. The highest BCUT2D eigenvalue weighted by atomic mass is 32.2. The van der Waals surface area contributed by atoms with Gasteiger partial charge in [-0.3, -0.25) is 4.72 Å². The topological polar surface area (TPSA) is 116 Å². The van der Waals surface area contributed by atoms with E-state index in [1.807, 2.05) is 0 Å². The Morgan fingerprint density at radius 1 is 1.31 bits per heavy atom. The van der Waals surface area contributed by atoms with Gasteiger partial charge < -0.3 is 15.5 Å². The first-order valence-electron chi connectivity index (χ1n) is 7.36. The van der Waals surface area contributed by atoms with E-state index < -0.39 is 28.5 Å². The molecule has 3 N–H and O–H groups in total. The van der Waals surface area contributed by atoms with Crippen LogP contribution < -0.4 is 14.8 Å². The van der Waals surface area contributed by atoms with Crippen molar-refractivity contribution < 1.29 is 26.3 Å². The number of nitrogens with zero attached hydrogens (tertiary/aromatic N) is 2. The standard InChI is InChI=1S/C14H16F3N5O3S/c1-2-26(23,24)22-13-11(7-18)12(19-8-20-13)21-9-3-5-10(6-4-9)25-14(15,16)17/h3-8,11-12,18,21H,2H2,1H3,(H,19,20,22). The second-order valence-electron chi connectivity index (χ2n) is 5.14. The molecule has 2 rings (SSSR count). The van der Waals surface area contributed by atoms with Gasteiger partial charge in [0.05, 0.1) is 11.7 Å². The molecule has 2 atom stereocenters. The lowest BCUT2D eigenvalue weighted by molar-refractivity contribution is -0.274. The Balaban J connectivity index is 2.10. The van der Waals surface area contributed by atoms with Crippen LogP contribution in [-0.4, -0.2) is 45.1 Å². The van der Waals surface area contributed by atoms with Crippen LogP contribution in [0.5, 0.6) is 5.75 Å². The van der Waals surface area contributed by atoms with Crippen molar-refractivity contribution in [1.82, 2.24) is 4.72 Å². The number of nitrogens with one attached hydrogen (secondary N) is 3. The molecule has 1 heterocycles. The summed E-state index contributed by atoms with van der Waals surface area (Å²) < 4.78 is 66.0. The Kier molecular flexibility index (Phi) is 5.85. The monoisotopic (exact) mass is 391 g/mol. The van der Waals surface area contributed by atoms with Gasteiger partial charge in [-0.15, -0.1) is 13.2 Å². The van der Waals surface area contributed by atoms with Gasteiger partial charge in [0.15, 0.2) is 0 Å². The molecule has 0 fully saturated rings. The number of ether oxygens (including phenoxy) is 1. The van der Waals surface area contributed by atoms with Crippen LogP contribution in [0, 0.1) is 11.3 Å². The number of anilines is 1. The summed E-state index contributed by atoms with van der Waals surface area (Å²) in [6, 6.07) is 4.94. The summed E-state index contributed by atoms with van der Waals surface area (Å²) in [5, 5.41) is 10.4. The molecule has 0 radical (unpaired) electrons. The lowest BCUT2D eigenvalue weighted by Crippen LogP contribution is -2.45. The van der Waals surface area contributed by atoms with Crippen molar-refractivity contribution in [3.8, 4) is 5.75 Å². The first-order valence-corrected chi connectivity index (χ1v) is 9.01. The fraction of sp³-hybridized carbons (Fsp3) is 0.357. The first-order chi connectivity index (χ1) is 12.1. The van der Waals surface area contributed by atoms with E-state index in [0.29, 0.717) is 5.69 Å². The maximum atomic E-state index is 12.2. The zero-order valence-electron chi connectivity index (χ0n) is 13.5. The molecule has 0 aliphatic carbocycles. The molecule has 1 aromatic carbocycles. The summed E-state index contributed by atoms with van der Waals surface area (Å²) in [4.78, 5) is 7.90. The van der Waals surface area contributed by atoms with Crippen LogP contribution in [0.15, 0.2) is 34.3 Å². The fourth-order valence-electron chi connectivity index (χ4n) is 2.04. The van der Waals surface area contributed by atoms with Crippen molar-refractivity contribution in [2.45, 2.75) is 19.5 Å². The molecule has 142 valence electrons. The normalized spacial score (nSPS) is 20.2. The molecule has 0 bridgehead atoms. The summed E-state index contributed by atoms with van der Waals surface area (Å²) in [6.07, 6.45) is -3.41. The molecule has 0 spiro atoms. The van der Waals surface area contributed by atoms with E-state index >= 15 is 0 Å². The van der Waals surface area contributed by atoms with Crippen molar-refractivity contribution in [3.63, 3.8) is 0 Å². The Bertz CT molecular complexity index is 806. The van der Waals surface area contributed by atoms with Gasteiger partial charge >= 0.3 is 6.36 Å². The Morgan fingerprint density at radius 3 is 2.50 bits per heavy atom. The van der Waals surface area contributed by atoms with Gasteiger partial charge in [-0.2, -0.15) is 0 Å². The molecular weight excluding hydrogens is 375 g/mol. The third-order valence-corrected chi connectivity index (χ3v) is 4.58. The maximum absolute atomic E-state index is 12.2. The predicted octanol–water partition coefficient (Wildman–Crippen LogP) is 1.97. The molecular formula is C14H16F3N5O3S. The van der Waals surface area contributed by atoms with Gasteiger partial charge in [0.1, 0.15) is 24.1 Å². The Morgan fingerprint density at radius 2 is 1.96 bits per heavy atom. The van der Waals surface area contributed by atoms with Crippen LogP contribution in [-0.2, 0) is 10.0 Å². The van der Waals surface area contributed by atoms with Crippen LogP contribution in [0.2, 0.25) is 0 Å². The number of aliphatic imine (C=N–C) groups is 2. The number of halogens is 3. The zero-order valence-corrected chi connectivity index (χ0v) is 14.3. The summed E-state index contributed by atoms with van der Waals surface area (Å²) in [5.74, 6) is -1.30. The van der Waals surface area contributed by atoms with Crippen LogP contribution in [0.25, 0.3) is 0 Å². The number of sulfonamides is 1. The summed E-state index contributed by atoms with van der Waals surface area (Å²) >= 11 is 0. The second-order valence-corrected chi connectivity index (χ2v) is 7.15. The number of hydrogen-bond acceptors (Lipinski definition) is 7. The SMILES string of the molecule is CCS(=O)(=O)NC1=NC=NC(Nc2ccc(OC(F)(F)F)cc2)C1C=N. The van der Waals surface area contributed by atoms with Gasteiger partial charge in [0, 0.05) is 11.9 Å². The molecule has 26 heavy (non-hydrogen) atoms. The van der Waals surface area contributed by atoms with Crippen molar-refractivity contribution >= 4 is 34.1 Å². The Labute approximate surface area is 147 Å². The van der Waals surface area contributed by atoms with Gasteiger partial charge in [-0.25, -0.2) is 18.4 Å². The molecule has 0 saturated carbocycles. The number of benzene rings is 1. The van der Waals surface area contributed by atoms with E-state index in [-0.39, 0.29) is 17.3 Å². The fourth-order valence-corrected chi connectivity index (χ4v) is 2.69. The summed E-state index contributed by atoms with van der Waals surface area (Å²) in [5.41, 5.74) is 0.410. The third kappa shape index (κ3) is 5.44. The maximum Gasteiger partial charge on any atom is 0.573 e. The summed E-state index contributed by atoms with van der Waals surface area (Å²) in [6.45, 7) is 1.46. The molecule has 1 aliphatic rings. The van der Waals surface area contributed by atoms with E-state index in [1.165, 1.54) is 19.1 Å². The van der Waals surface area contributed by atoms with E-state index in [1.54, 1.807) is 0 Å². The minimum atomic E-state index is -4.78. The average Bonchev–Trinajstić information content (AvgIpc) is 2.55. The van der Waals surface area contributed by atoms with Gasteiger partial charge in [-0.05, 0) is 31.2 Å². The van der Waals surface area contributed by atoms with Gasteiger partial charge in [0.2, 0.25) is 10.0 Å². The van der Waals surface area contributed by atoms with E-state index in [9.17, 15) is 21.6 Å². The number of alkyl halides is 3. The van der Waals surface area contributed by atoms with Crippen LogP contribution in [0.3, 0.4) is 0 Å². The predicted molar refractivity (Wildman–Crippen MR) is 91.3 cm³/mol. The second kappa shape index (κ2) is 7.72. The minimum Gasteiger partial charge on any atom is -0.406 e. The van der Waals surface area contributed by atoms with Crippen molar-refractivity contribution in [2.75, 3.05) is 11.1 Å². The zero-order chi connectivity index (χ0) is 19.4. The largest absolute Gasteiger partial charge is 0.573 e. The van der Waals surface area contributed by atoms with Gasteiger partial charge in [-0.1, -0.05) is 0 Å². The smallest absolute Gasteiger partial charge is 0.406 e. The molecule has 1 aromatic rings.